The largest absolute Gasteiger partial charge is 0.465 e. The topological polar surface area (TPSA) is 108 Å². The second kappa shape index (κ2) is 8.38. The standard InChI is InChI=1S/C16H24N2O5/c1-16(2,3)23-15(22)18-12(13(19)10-17-14(20)21)9-11-7-5-4-6-8-11/h4-8,12-13,17,19H,9-10H2,1-3H3,(H,18,22)(H,20,21)/t12-,13+/m0/s1. The second-order valence-electron chi connectivity index (χ2n) is 6.20. The summed E-state index contributed by atoms with van der Waals surface area (Å²) in [5.41, 5.74) is 0.244. The quantitative estimate of drug-likeness (QED) is 0.637. The van der Waals surface area contributed by atoms with E-state index in [-0.39, 0.29) is 6.54 Å². The molecule has 0 spiro atoms. The van der Waals surface area contributed by atoms with E-state index in [1.165, 1.54) is 0 Å². The third-order valence-electron chi connectivity index (χ3n) is 2.93. The molecule has 0 aliphatic carbocycles. The Morgan fingerprint density at radius 1 is 1.22 bits per heavy atom. The lowest BCUT2D eigenvalue weighted by atomic mass is 10.0. The Morgan fingerprint density at radius 2 is 1.83 bits per heavy atom. The molecule has 0 aromatic heterocycles. The molecule has 0 bridgehead atoms. The van der Waals surface area contributed by atoms with E-state index in [2.05, 4.69) is 10.6 Å². The van der Waals surface area contributed by atoms with Gasteiger partial charge in [0.1, 0.15) is 5.60 Å². The van der Waals surface area contributed by atoms with E-state index in [9.17, 15) is 14.7 Å². The van der Waals surface area contributed by atoms with Crippen molar-refractivity contribution in [1.29, 1.82) is 0 Å². The summed E-state index contributed by atoms with van der Waals surface area (Å²) in [5, 5.41) is 23.5. The maximum absolute atomic E-state index is 11.9. The number of carbonyl (C=O) groups excluding carboxylic acids is 1. The van der Waals surface area contributed by atoms with Crippen molar-refractivity contribution in [2.75, 3.05) is 6.54 Å². The van der Waals surface area contributed by atoms with Crippen LogP contribution in [0.4, 0.5) is 9.59 Å². The van der Waals surface area contributed by atoms with Crippen LogP contribution in [0.2, 0.25) is 0 Å². The molecule has 7 heteroatoms. The second-order valence-corrected chi connectivity index (χ2v) is 6.20. The lowest BCUT2D eigenvalue weighted by molar-refractivity contribution is 0.0424. The number of aliphatic hydroxyl groups is 1. The van der Waals surface area contributed by atoms with E-state index in [0.717, 1.165) is 5.56 Å². The summed E-state index contributed by atoms with van der Waals surface area (Å²) in [6, 6.07) is 8.60. The average Bonchev–Trinajstić information content (AvgIpc) is 2.43. The lowest BCUT2D eigenvalue weighted by Crippen LogP contribution is -2.50. The van der Waals surface area contributed by atoms with Crippen LogP contribution in [0.1, 0.15) is 26.3 Å². The van der Waals surface area contributed by atoms with Crippen molar-refractivity contribution in [3.8, 4) is 0 Å². The molecule has 1 rings (SSSR count). The molecule has 0 aliphatic rings. The van der Waals surface area contributed by atoms with Gasteiger partial charge < -0.3 is 25.6 Å². The zero-order chi connectivity index (χ0) is 17.5. The maximum atomic E-state index is 11.9. The van der Waals surface area contributed by atoms with Crippen molar-refractivity contribution in [2.45, 2.75) is 44.9 Å². The van der Waals surface area contributed by atoms with Crippen LogP contribution in [-0.4, -0.2) is 46.7 Å². The van der Waals surface area contributed by atoms with E-state index >= 15 is 0 Å². The highest BCUT2D eigenvalue weighted by Crippen LogP contribution is 2.10. The zero-order valence-corrected chi connectivity index (χ0v) is 13.6. The average molecular weight is 324 g/mol. The highest BCUT2D eigenvalue weighted by molar-refractivity contribution is 5.68. The molecule has 0 unspecified atom stereocenters. The van der Waals surface area contributed by atoms with Gasteiger partial charge in [-0.1, -0.05) is 30.3 Å². The molecule has 0 aliphatic heterocycles. The number of rotatable bonds is 6. The summed E-state index contributed by atoms with van der Waals surface area (Å²) in [4.78, 5) is 22.5. The first-order valence-corrected chi connectivity index (χ1v) is 7.35. The van der Waals surface area contributed by atoms with Gasteiger partial charge in [-0.15, -0.1) is 0 Å². The van der Waals surface area contributed by atoms with E-state index in [1.807, 2.05) is 30.3 Å². The van der Waals surface area contributed by atoms with Crippen molar-refractivity contribution in [1.82, 2.24) is 10.6 Å². The minimum atomic E-state index is -1.24. The van der Waals surface area contributed by atoms with Crippen molar-refractivity contribution in [3.05, 3.63) is 35.9 Å². The van der Waals surface area contributed by atoms with Gasteiger partial charge in [0, 0.05) is 6.54 Å². The normalized spacial score (nSPS) is 13.7. The fraction of sp³-hybridized carbons (Fsp3) is 0.500. The van der Waals surface area contributed by atoms with Crippen LogP contribution >= 0.6 is 0 Å². The van der Waals surface area contributed by atoms with Gasteiger partial charge in [-0.05, 0) is 32.8 Å². The van der Waals surface area contributed by atoms with E-state index < -0.39 is 29.9 Å². The predicted molar refractivity (Wildman–Crippen MR) is 85.3 cm³/mol. The van der Waals surface area contributed by atoms with Gasteiger partial charge in [0.25, 0.3) is 0 Å². The molecule has 2 atom stereocenters. The van der Waals surface area contributed by atoms with Crippen molar-refractivity contribution >= 4 is 12.2 Å². The number of alkyl carbamates (subject to hydrolysis) is 1. The van der Waals surface area contributed by atoms with E-state index in [1.54, 1.807) is 20.8 Å². The van der Waals surface area contributed by atoms with Crippen molar-refractivity contribution in [3.63, 3.8) is 0 Å². The number of carbonyl (C=O) groups is 2. The Labute approximate surface area is 135 Å². The van der Waals surface area contributed by atoms with Crippen LogP contribution < -0.4 is 10.6 Å². The minimum absolute atomic E-state index is 0.192. The molecule has 23 heavy (non-hydrogen) atoms. The Morgan fingerprint density at radius 3 is 2.35 bits per heavy atom. The van der Waals surface area contributed by atoms with Gasteiger partial charge in [0.2, 0.25) is 0 Å². The smallest absolute Gasteiger partial charge is 0.407 e. The molecule has 0 fully saturated rings. The van der Waals surface area contributed by atoms with Crippen LogP contribution in [0.15, 0.2) is 30.3 Å². The molecule has 1 aromatic rings. The van der Waals surface area contributed by atoms with E-state index in [0.29, 0.717) is 6.42 Å². The summed E-state index contributed by atoms with van der Waals surface area (Å²) in [6.07, 6.45) is -2.63. The fourth-order valence-electron chi connectivity index (χ4n) is 1.94. The zero-order valence-electron chi connectivity index (χ0n) is 13.6. The van der Waals surface area contributed by atoms with Crippen LogP contribution in [0.5, 0.6) is 0 Å². The molecule has 2 amide bonds. The molecular formula is C16H24N2O5. The number of carboxylic acid groups (broad SMARTS) is 1. The number of benzene rings is 1. The molecular weight excluding hydrogens is 300 g/mol. The van der Waals surface area contributed by atoms with Crippen molar-refractivity contribution in [2.24, 2.45) is 0 Å². The Bertz CT molecular complexity index is 513. The van der Waals surface area contributed by atoms with Gasteiger partial charge in [-0.3, -0.25) is 0 Å². The Balaban J connectivity index is 2.74. The first-order chi connectivity index (χ1) is 10.7. The molecule has 128 valence electrons. The van der Waals surface area contributed by atoms with Gasteiger partial charge >= 0.3 is 12.2 Å². The third kappa shape index (κ3) is 8.06. The van der Waals surface area contributed by atoms with Crippen LogP contribution in [0.25, 0.3) is 0 Å². The third-order valence-corrected chi connectivity index (χ3v) is 2.93. The van der Waals surface area contributed by atoms with Crippen molar-refractivity contribution < 1.29 is 24.5 Å². The SMILES string of the molecule is CC(C)(C)OC(=O)N[C@@H](Cc1ccccc1)[C@H](O)CNC(=O)O. The molecule has 0 radical (unpaired) electrons. The predicted octanol–water partition coefficient (Wildman–Crippen LogP) is 1.75. The minimum Gasteiger partial charge on any atom is -0.465 e. The number of ether oxygens (including phenoxy) is 1. The fourth-order valence-corrected chi connectivity index (χ4v) is 1.94. The number of hydrogen-bond acceptors (Lipinski definition) is 4. The van der Waals surface area contributed by atoms with Gasteiger partial charge in [0.05, 0.1) is 12.1 Å². The first kappa shape index (κ1) is 18.8. The van der Waals surface area contributed by atoms with Gasteiger partial charge in [0.15, 0.2) is 0 Å². The molecule has 0 heterocycles. The summed E-state index contributed by atoms with van der Waals surface area (Å²) < 4.78 is 5.18. The number of hydrogen-bond donors (Lipinski definition) is 4. The molecule has 4 N–H and O–H groups in total. The molecule has 0 saturated heterocycles. The Hall–Kier alpha value is -2.28. The number of nitrogens with one attached hydrogen (secondary N) is 2. The van der Waals surface area contributed by atoms with Gasteiger partial charge in [-0.25, -0.2) is 9.59 Å². The molecule has 7 nitrogen and oxygen atoms in total. The maximum Gasteiger partial charge on any atom is 0.407 e. The molecule has 0 saturated carbocycles. The summed E-state index contributed by atoms with van der Waals surface area (Å²) >= 11 is 0. The summed E-state index contributed by atoms with van der Waals surface area (Å²) in [7, 11) is 0. The monoisotopic (exact) mass is 324 g/mol. The van der Waals surface area contributed by atoms with E-state index in [4.69, 9.17) is 9.84 Å². The van der Waals surface area contributed by atoms with Crippen LogP contribution in [-0.2, 0) is 11.2 Å². The van der Waals surface area contributed by atoms with Gasteiger partial charge in [-0.2, -0.15) is 0 Å². The summed E-state index contributed by atoms with van der Waals surface area (Å²) in [5.74, 6) is 0. The lowest BCUT2D eigenvalue weighted by Gasteiger charge is -2.26. The summed E-state index contributed by atoms with van der Waals surface area (Å²) in [6.45, 7) is 5.02. The first-order valence-electron chi connectivity index (χ1n) is 7.35. The number of aliphatic hydroxyl groups excluding tert-OH is 1. The number of amides is 2. The molecule has 1 aromatic carbocycles. The van der Waals surface area contributed by atoms with Crippen LogP contribution in [0, 0.1) is 0 Å². The van der Waals surface area contributed by atoms with Crippen LogP contribution in [0.3, 0.4) is 0 Å². The highest BCUT2D eigenvalue weighted by atomic mass is 16.6. The highest BCUT2D eigenvalue weighted by Gasteiger charge is 2.25. The Kier molecular flexibility index (Phi) is 6.84.